The van der Waals surface area contributed by atoms with Crippen LogP contribution in [0, 0.1) is 6.92 Å². The molecule has 0 aliphatic rings. The third kappa shape index (κ3) is 3.38. The molecule has 26 heavy (non-hydrogen) atoms. The topological polar surface area (TPSA) is 57.0 Å². The van der Waals surface area contributed by atoms with Gasteiger partial charge in [0, 0.05) is 11.8 Å². The van der Waals surface area contributed by atoms with E-state index in [1.54, 1.807) is 36.4 Å². The van der Waals surface area contributed by atoms with Crippen molar-refractivity contribution < 1.29 is 18.4 Å². The highest BCUT2D eigenvalue weighted by molar-refractivity contribution is 7.62. The summed E-state index contributed by atoms with van der Waals surface area (Å²) in [7, 11) is -3.52. The number of fused-ring (bicyclic) bond motifs is 1. The molecule has 2 aromatic heterocycles. The molecule has 0 radical (unpaired) electrons. The zero-order valence-electron chi connectivity index (χ0n) is 15.1. The Kier molecular flexibility index (Phi) is 5.42. The highest BCUT2D eigenvalue weighted by atomic mass is 31.2. The Labute approximate surface area is 153 Å². The first-order chi connectivity index (χ1) is 12.5. The maximum atomic E-state index is 13.3. The van der Waals surface area contributed by atoms with E-state index in [1.807, 2.05) is 43.5 Å². The van der Waals surface area contributed by atoms with Gasteiger partial charge in [0.1, 0.15) is 0 Å². The summed E-state index contributed by atoms with van der Waals surface area (Å²) in [6.45, 7) is 5.99. The lowest BCUT2D eigenvalue weighted by atomic mass is 10.1. The van der Waals surface area contributed by atoms with Crippen LogP contribution in [-0.4, -0.2) is 23.4 Å². The quantitative estimate of drug-likeness (QED) is 0.457. The van der Waals surface area contributed by atoms with Gasteiger partial charge < -0.3 is 13.4 Å². The van der Waals surface area contributed by atoms with Gasteiger partial charge in [-0.2, -0.15) is 0 Å². The molecule has 136 valence electrons. The van der Waals surface area contributed by atoms with Crippen molar-refractivity contribution in [1.29, 1.82) is 0 Å². The minimum absolute atomic E-state index is 0.143. The third-order valence-electron chi connectivity index (χ3n) is 4.07. The SMILES string of the molecule is CCOP(=O)(OCC)c1cc(C(=O)c2ccccc2)n2ccc(C)cc12. The van der Waals surface area contributed by atoms with Gasteiger partial charge in [-0.15, -0.1) is 0 Å². The van der Waals surface area contributed by atoms with E-state index >= 15 is 0 Å². The molecule has 0 fully saturated rings. The monoisotopic (exact) mass is 371 g/mol. The number of carbonyl (C=O) groups is 1. The summed E-state index contributed by atoms with van der Waals surface area (Å²) in [5, 5.41) is 0.421. The number of nitrogens with zero attached hydrogens (tertiary/aromatic N) is 1. The number of carbonyl (C=O) groups excluding carboxylic acids is 1. The van der Waals surface area contributed by atoms with E-state index in [1.165, 1.54) is 0 Å². The molecule has 0 saturated heterocycles. The molecule has 0 unspecified atom stereocenters. The Morgan fingerprint density at radius 3 is 2.31 bits per heavy atom. The van der Waals surface area contributed by atoms with E-state index in [4.69, 9.17) is 9.05 Å². The minimum Gasteiger partial charge on any atom is -0.313 e. The van der Waals surface area contributed by atoms with E-state index < -0.39 is 7.60 Å². The number of rotatable bonds is 7. The number of hydrogen-bond acceptors (Lipinski definition) is 4. The van der Waals surface area contributed by atoms with Crippen LogP contribution in [-0.2, 0) is 13.6 Å². The average Bonchev–Trinajstić information content (AvgIpc) is 3.01. The molecule has 0 amide bonds. The molecule has 0 spiro atoms. The van der Waals surface area contributed by atoms with Crippen LogP contribution in [0.3, 0.4) is 0 Å². The molecule has 5 nitrogen and oxygen atoms in total. The number of pyridine rings is 1. The van der Waals surface area contributed by atoms with Crippen molar-refractivity contribution in [3.8, 4) is 0 Å². The predicted molar refractivity (Wildman–Crippen MR) is 103 cm³/mol. The molecule has 6 heteroatoms. The maximum Gasteiger partial charge on any atom is 0.363 e. The first-order valence-corrected chi connectivity index (χ1v) is 10.2. The second kappa shape index (κ2) is 7.58. The third-order valence-corrected chi connectivity index (χ3v) is 6.21. The molecular formula is C20H22NO4P. The highest BCUT2D eigenvalue weighted by Gasteiger charge is 2.32. The molecular weight excluding hydrogens is 349 g/mol. The van der Waals surface area contributed by atoms with E-state index in [0.717, 1.165) is 5.56 Å². The molecule has 0 saturated carbocycles. The van der Waals surface area contributed by atoms with Crippen molar-refractivity contribution in [1.82, 2.24) is 4.40 Å². The summed E-state index contributed by atoms with van der Waals surface area (Å²) < 4.78 is 26.1. The standard InChI is InChI=1S/C20H22NO4P/c1-4-24-26(23,25-5-2)19-14-18(20(22)16-9-7-6-8-10-16)21-12-11-15(3)13-17(19)21/h6-14H,4-5H2,1-3H3. The largest absolute Gasteiger partial charge is 0.363 e. The smallest absolute Gasteiger partial charge is 0.313 e. The van der Waals surface area contributed by atoms with Gasteiger partial charge in [-0.05, 0) is 44.5 Å². The lowest BCUT2D eigenvalue weighted by Crippen LogP contribution is -2.10. The molecule has 0 aliphatic carbocycles. The molecule has 3 aromatic rings. The molecule has 0 atom stereocenters. The van der Waals surface area contributed by atoms with Crippen LogP contribution in [0.15, 0.2) is 54.7 Å². The van der Waals surface area contributed by atoms with Gasteiger partial charge in [0.25, 0.3) is 0 Å². The molecule has 0 aliphatic heterocycles. The molecule has 0 bridgehead atoms. The van der Waals surface area contributed by atoms with Crippen molar-refractivity contribution in [2.75, 3.05) is 13.2 Å². The molecule has 0 N–H and O–H groups in total. The van der Waals surface area contributed by atoms with Crippen LogP contribution in [0.2, 0.25) is 0 Å². The van der Waals surface area contributed by atoms with Crippen LogP contribution in [0.25, 0.3) is 5.52 Å². The van der Waals surface area contributed by atoms with Gasteiger partial charge in [0.15, 0.2) is 0 Å². The van der Waals surface area contributed by atoms with Gasteiger partial charge in [0.2, 0.25) is 5.78 Å². The predicted octanol–water partition coefficient (Wildman–Crippen LogP) is 4.37. The van der Waals surface area contributed by atoms with E-state index in [9.17, 15) is 9.36 Å². The van der Waals surface area contributed by atoms with Crippen molar-refractivity contribution in [2.45, 2.75) is 20.8 Å². The summed E-state index contributed by atoms with van der Waals surface area (Å²) in [5.74, 6) is -0.143. The van der Waals surface area contributed by atoms with Crippen LogP contribution >= 0.6 is 7.60 Å². The summed E-state index contributed by atoms with van der Waals surface area (Å²) in [6.07, 6.45) is 1.81. The number of aryl methyl sites for hydroxylation is 1. The summed E-state index contributed by atoms with van der Waals surface area (Å²) in [6, 6.07) is 14.5. The lowest BCUT2D eigenvalue weighted by Gasteiger charge is -2.16. The molecule has 3 rings (SSSR count). The Morgan fingerprint density at radius 2 is 1.69 bits per heavy atom. The van der Waals surface area contributed by atoms with Gasteiger partial charge in [-0.1, -0.05) is 30.3 Å². The van der Waals surface area contributed by atoms with Crippen molar-refractivity contribution >= 4 is 24.2 Å². The molecule has 1 aromatic carbocycles. The number of hydrogen-bond donors (Lipinski definition) is 0. The summed E-state index contributed by atoms with van der Waals surface area (Å²) in [5.41, 5.74) is 2.66. The second-order valence-electron chi connectivity index (χ2n) is 5.90. The summed E-state index contributed by atoms with van der Waals surface area (Å²) in [4.78, 5) is 13.0. The van der Waals surface area contributed by atoms with Crippen LogP contribution in [0.4, 0.5) is 0 Å². The van der Waals surface area contributed by atoms with Crippen LogP contribution in [0.5, 0.6) is 0 Å². The van der Waals surface area contributed by atoms with Gasteiger partial charge in [-0.3, -0.25) is 9.36 Å². The van der Waals surface area contributed by atoms with Crippen molar-refractivity contribution in [3.63, 3.8) is 0 Å². The number of ketones is 1. The minimum atomic E-state index is -3.52. The fraction of sp³-hybridized carbons (Fsp3) is 0.250. The Balaban J connectivity index is 2.23. The van der Waals surface area contributed by atoms with Gasteiger partial charge >= 0.3 is 7.60 Å². The average molecular weight is 371 g/mol. The lowest BCUT2D eigenvalue weighted by molar-refractivity contribution is 0.103. The number of benzene rings is 1. The zero-order valence-corrected chi connectivity index (χ0v) is 16.0. The normalized spacial score (nSPS) is 11.8. The first-order valence-electron chi connectivity index (χ1n) is 8.61. The summed E-state index contributed by atoms with van der Waals surface area (Å²) >= 11 is 0. The second-order valence-corrected chi connectivity index (χ2v) is 7.90. The fourth-order valence-corrected chi connectivity index (χ4v) is 4.70. The van der Waals surface area contributed by atoms with E-state index in [0.29, 0.717) is 22.1 Å². The Morgan fingerprint density at radius 1 is 1.04 bits per heavy atom. The Bertz CT molecular complexity index is 968. The Hall–Kier alpha value is -2.20. The first kappa shape index (κ1) is 18.6. The van der Waals surface area contributed by atoms with Crippen LogP contribution < -0.4 is 5.30 Å². The number of aromatic nitrogens is 1. The maximum absolute atomic E-state index is 13.3. The van der Waals surface area contributed by atoms with Gasteiger partial charge in [-0.25, -0.2) is 0 Å². The molecule has 2 heterocycles. The van der Waals surface area contributed by atoms with Crippen molar-refractivity contribution in [2.24, 2.45) is 0 Å². The fourth-order valence-electron chi connectivity index (χ4n) is 2.93. The van der Waals surface area contributed by atoms with Crippen LogP contribution in [0.1, 0.15) is 35.5 Å². The zero-order chi connectivity index (χ0) is 18.7. The van der Waals surface area contributed by atoms with Crippen molar-refractivity contribution in [3.05, 3.63) is 71.5 Å². The highest BCUT2D eigenvalue weighted by Crippen LogP contribution is 2.48. The van der Waals surface area contributed by atoms with Gasteiger partial charge in [0.05, 0.1) is 29.7 Å². The van der Waals surface area contributed by atoms with E-state index in [-0.39, 0.29) is 19.0 Å². The van der Waals surface area contributed by atoms with E-state index in [2.05, 4.69) is 0 Å².